The summed E-state index contributed by atoms with van der Waals surface area (Å²) in [6.45, 7) is 4.95. The fourth-order valence-electron chi connectivity index (χ4n) is 10.8. The van der Waals surface area contributed by atoms with Crippen molar-refractivity contribution in [2.24, 2.45) is 0 Å². The maximum absolute atomic E-state index is 12.5. The van der Waals surface area contributed by atoms with Crippen LogP contribution in [0, 0.1) is 0 Å². The second kappa shape index (κ2) is 64.9. The average Bonchev–Trinajstić information content (AvgIpc) is 3.41. The number of carbonyl (C=O) groups excluding carboxylic acids is 2. The summed E-state index contributed by atoms with van der Waals surface area (Å²) in [5.41, 5.74) is 0. The first-order valence-electron chi connectivity index (χ1n) is 34.1. The van der Waals surface area contributed by atoms with E-state index in [1.165, 1.54) is 295 Å². The normalized spacial score (nSPS) is 12.6. The topological polar surface area (TPSA) is 95.9 Å². The van der Waals surface area contributed by atoms with Crippen LogP contribution in [0.4, 0.5) is 0 Å². The fourth-order valence-corrected chi connectivity index (χ4v) is 10.8. The zero-order valence-electron chi connectivity index (χ0n) is 50.8. The van der Waals surface area contributed by atoms with Crippen molar-refractivity contribution >= 4 is 11.9 Å². The molecule has 0 heterocycles. The van der Waals surface area contributed by atoms with E-state index in [0.29, 0.717) is 25.9 Å². The van der Waals surface area contributed by atoms with Gasteiger partial charge in [0.05, 0.1) is 25.4 Å². The number of hydrogen-bond donors (Lipinski definition) is 3. The predicted octanol–water partition coefficient (Wildman–Crippen LogP) is 21.8. The van der Waals surface area contributed by atoms with Crippen LogP contribution in [0.3, 0.4) is 0 Å². The molecule has 0 aliphatic rings. The number of aliphatic hydroxyl groups excluding tert-OH is 2. The van der Waals surface area contributed by atoms with Crippen molar-refractivity contribution in [1.29, 1.82) is 0 Å². The van der Waals surface area contributed by atoms with Crippen molar-refractivity contribution in [2.75, 3.05) is 13.2 Å². The van der Waals surface area contributed by atoms with Crippen molar-refractivity contribution in [1.82, 2.24) is 5.32 Å². The summed E-state index contributed by atoms with van der Waals surface area (Å²) in [6, 6.07) is -0.545. The Morgan fingerprint density at radius 3 is 1.04 bits per heavy atom. The van der Waals surface area contributed by atoms with Gasteiger partial charge in [-0.05, 0) is 57.8 Å². The molecule has 0 radical (unpaired) electrons. The van der Waals surface area contributed by atoms with Crippen LogP contribution in [0.1, 0.15) is 380 Å². The standard InChI is InChI=1S/C69H133NO5/c1-3-5-7-9-11-13-15-17-19-20-21-22-23-24-25-27-30-34-37-41-45-49-53-57-61-67(72)66(65-71)70-68(73)62-58-54-50-46-42-38-35-31-28-26-29-32-36-40-44-48-52-56-60-64-75-69(74)63-59-55-51-47-43-39-33-18-16-14-12-10-8-6-4-2/h12,14,18,33,66-67,71-72H,3-11,13,15-17,19-32,34-65H2,1-2H3,(H,70,73)/b14-12-,33-18-. The van der Waals surface area contributed by atoms with Gasteiger partial charge in [-0.25, -0.2) is 0 Å². The Balaban J connectivity index is 3.40. The van der Waals surface area contributed by atoms with Crippen LogP contribution in [-0.4, -0.2) is 47.4 Å². The minimum absolute atomic E-state index is 0.00391. The lowest BCUT2D eigenvalue weighted by atomic mass is 10.0. The van der Waals surface area contributed by atoms with Gasteiger partial charge in [-0.3, -0.25) is 9.59 Å². The Morgan fingerprint density at radius 1 is 0.373 bits per heavy atom. The van der Waals surface area contributed by atoms with Crippen molar-refractivity contribution in [3.63, 3.8) is 0 Å². The summed E-state index contributed by atoms with van der Waals surface area (Å²) in [4.78, 5) is 24.6. The summed E-state index contributed by atoms with van der Waals surface area (Å²) in [7, 11) is 0. The van der Waals surface area contributed by atoms with Gasteiger partial charge in [0, 0.05) is 12.8 Å². The molecule has 0 aromatic rings. The number of hydrogen-bond acceptors (Lipinski definition) is 5. The van der Waals surface area contributed by atoms with E-state index >= 15 is 0 Å². The number of unbranched alkanes of at least 4 members (excludes halogenated alkanes) is 49. The van der Waals surface area contributed by atoms with Crippen molar-refractivity contribution in [3.8, 4) is 0 Å². The first-order valence-corrected chi connectivity index (χ1v) is 34.1. The fraction of sp³-hybridized carbons (Fsp3) is 0.913. The van der Waals surface area contributed by atoms with E-state index in [2.05, 4.69) is 43.5 Å². The summed E-state index contributed by atoms with van der Waals surface area (Å²) >= 11 is 0. The molecule has 444 valence electrons. The lowest BCUT2D eigenvalue weighted by molar-refractivity contribution is -0.143. The number of carbonyl (C=O) groups is 2. The van der Waals surface area contributed by atoms with E-state index in [1.807, 2.05) is 0 Å². The van der Waals surface area contributed by atoms with E-state index in [0.717, 1.165) is 51.4 Å². The van der Waals surface area contributed by atoms with Gasteiger partial charge < -0.3 is 20.3 Å². The first-order chi connectivity index (χ1) is 37.0. The molecule has 0 spiro atoms. The molecule has 75 heavy (non-hydrogen) atoms. The van der Waals surface area contributed by atoms with E-state index in [4.69, 9.17) is 4.74 Å². The first kappa shape index (κ1) is 73.3. The zero-order valence-corrected chi connectivity index (χ0v) is 50.8. The lowest BCUT2D eigenvalue weighted by Crippen LogP contribution is -2.45. The number of amides is 1. The molecule has 0 aliphatic heterocycles. The Kier molecular flexibility index (Phi) is 63.4. The third-order valence-corrected chi connectivity index (χ3v) is 16.0. The second-order valence-electron chi connectivity index (χ2n) is 23.5. The summed E-state index contributed by atoms with van der Waals surface area (Å²) in [5, 5.41) is 23.4. The highest BCUT2D eigenvalue weighted by Crippen LogP contribution is 2.19. The van der Waals surface area contributed by atoms with Gasteiger partial charge in [0.25, 0.3) is 0 Å². The van der Waals surface area contributed by atoms with Crippen LogP contribution in [0.15, 0.2) is 24.3 Å². The van der Waals surface area contributed by atoms with Crippen LogP contribution < -0.4 is 5.32 Å². The Labute approximate surface area is 469 Å². The average molecular weight is 1060 g/mol. The molecule has 2 unspecified atom stereocenters. The highest BCUT2D eigenvalue weighted by molar-refractivity contribution is 5.76. The maximum Gasteiger partial charge on any atom is 0.305 e. The SMILES string of the molecule is CCCCC/C=C\C/C=C\CCCCCCCC(=O)OCCCCCCCCCCCCCCCCCCCCCC(=O)NC(CO)C(O)CCCCCCCCCCCCCCCCCCCCCCCCCC. The molecule has 6 nitrogen and oxygen atoms in total. The van der Waals surface area contributed by atoms with Crippen molar-refractivity contribution in [2.45, 2.75) is 392 Å². The smallest absolute Gasteiger partial charge is 0.305 e. The van der Waals surface area contributed by atoms with Crippen LogP contribution in [0.2, 0.25) is 0 Å². The largest absolute Gasteiger partial charge is 0.466 e. The van der Waals surface area contributed by atoms with Gasteiger partial charge in [0.15, 0.2) is 0 Å². The van der Waals surface area contributed by atoms with Crippen molar-refractivity contribution < 1.29 is 24.5 Å². The van der Waals surface area contributed by atoms with Crippen LogP contribution in [-0.2, 0) is 14.3 Å². The monoisotopic (exact) mass is 1060 g/mol. The van der Waals surface area contributed by atoms with E-state index < -0.39 is 12.1 Å². The van der Waals surface area contributed by atoms with E-state index in [9.17, 15) is 19.8 Å². The quantitative estimate of drug-likeness (QED) is 0.0320. The van der Waals surface area contributed by atoms with Gasteiger partial charge in [0.2, 0.25) is 5.91 Å². The van der Waals surface area contributed by atoms with Crippen LogP contribution in [0.25, 0.3) is 0 Å². The zero-order chi connectivity index (χ0) is 54.3. The third-order valence-electron chi connectivity index (χ3n) is 16.0. The summed E-state index contributed by atoms with van der Waals surface area (Å²) in [5.74, 6) is -0.0376. The number of aliphatic hydroxyl groups is 2. The molecule has 0 aromatic heterocycles. The summed E-state index contributed by atoms with van der Waals surface area (Å²) in [6.07, 6.45) is 80.6. The molecule has 6 heteroatoms. The molecular formula is C69H133NO5. The Hall–Kier alpha value is -1.66. The predicted molar refractivity (Wildman–Crippen MR) is 329 cm³/mol. The molecule has 0 saturated carbocycles. The van der Waals surface area contributed by atoms with E-state index in [1.54, 1.807) is 0 Å². The molecule has 0 rings (SSSR count). The van der Waals surface area contributed by atoms with Gasteiger partial charge in [-0.1, -0.05) is 334 Å². The van der Waals surface area contributed by atoms with Gasteiger partial charge in [0.1, 0.15) is 0 Å². The lowest BCUT2D eigenvalue weighted by Gasteiger charge is -2.22. The van der Waals surface area contributed by atoms with Gasteiger partial charge >= 0.3 is 5.97 Å². The molecule has 0 fully saturated rings. The minimum atomic E-state index is -0.668. The van der Waals surface area contributed by atoms with Gasteiger partial charge in [-0.15, -0.1) is 0 Å². The Bertz CT molecular complexity index is 1170. The second-order valence-corrected chi connectivity index (χ2v) is 23.5. The third kappa shape index (κ3) is 61.4. The highest BCUT2D eigenvalue weighted by atomic mass is 16.5. The molecular weight excluding hydrogens is 923 g/mol. The van der Waals surface area contributed by atoms with Crippen molar-refractivity contribution in [3.05, 3.63) is 24.3 Å². The molecule has 0 aromatic carbocycles. The van der Waals surface area contributed by atoms with Crippen LogP contribution >= 0.6 is 0 Å². The molecule has 2 atom stereocenters. The number of esters is 1. The summed E-state index contributed by atoms with van der Waals surface area (Å²) < 4.78 is 5.48. The van der Waals surface area contributed by atoms with E-state index in [-0.39, 0.29) is 18.5 Å². The number of allylic oxidation sites excluding steroid dienone is 4. The molecule has 0 saturated heterocycles. The Morgan fingerprint density at radius 2 is 0.667 bits per heavy atom. The van der Waals surface area contributed by atoms with Crippen LogP contribution in [0.5, 0.6) is 0 Å². The van der Waals surface area contributed by atoms with Gasteiger partial charge in [-0.2, -0.15) is 0 Å². The minimum Gasteiger partial charge on any atom is -0.466 e. The molecule has 1 amide bonds. The molecule has 3 N–H and O–H groups in total. The molecule has 0 bridgehead atoms. The molecule has 0 aliphatic carbocycles. The number of ether oxygens (including phenoxy) is 1. The number of rotatable bonds is 64. The maximum atomic E-state index is 12.5. The highest BCUT2D eigenvalue weighted by Gasteiger charge is 2.20. The number of nitrogens with one attached hydrogen (secondary N) is 1.